The Morgan fingerprint density at radius 1 is 1.07 bits per heavy atom. The predicted molar refractivity (Wildman–Crippen MR) is 111 cm³/mol. The van der Waals surface area contributed by atoms with Crippen molar-refractivity contribution in [3.8, 4) is 5.69 Å². The van der Waals surface area contributed by atoms with Gasteiger partial charge in [0.25, 0.3) is 0 Å². The second-order valence-electron chi connectivity index (χ2n) is 7.05. The van der Waals surface area contributed by atoms with Gasteiger partial charge in [0.15, 0.2) is 0 Å². The first-order valence-corrected chi connectivity index (χ1v) is 10.0. The molecule has 0 saturated heterocycles. The number of carbonyl (C=O) groups excluding carboxylic acids is 1. The molecule has 1 saturated carbocycles. The highest BCUT2D eigenvalue weighted by molar-refractivity contribution is 6.30. The molecule has 1 aliphatic rings. The van der Waals surface area contributed by atoms with Crippen LogP contribution in [0.1, 0.15) is 30.1 Å². The highest BCUT2D eigenvalue weighted by Crippen LogP contribution is 2.39. The molecule has 0 unspecified atom stereocenters. The number of hydrogen-bond donors (Lipinski definition) is 2. The van der Waals surface area contributed by atoms with Gasteiger partial charge < -0.3 is 10.6 Å². The van der Waals surface area contributed by atoms with Crippen molar-refractivity contribution in [1.29, 1.82) is 0 Å². The first-order valence-electron chi connectivity index (χ1n) is 9.63. The van der Waals surface area contributed by atoms with E-state index in [1.54, 1.807) is 16.7 Å². The van der Waals surface area contributed by atoms with Crippen LogP contribution >= 0.6 is 11.6 Å². The van der Waals surface area contributed by atoms with Crippen LogP contribution < -0.4 is 16.3 Å². The molecule has 0 bridgehead atoms. The highest BCUT2D eigenvalue weighted by Gasteiger charge is 2.31. The summed E-state index contributed by atoms with van der Waals surface area (Å²) in [6, 6.07) is 16.5. The molecule has 1 aromatic heterocycles. The standard InChI is InChI=1S/C21H22ClN5O2/c22-17-10-6-15(7-11-17)14-24-20(28)23-12-13-26-21(29)27(18-4-2-1-3-5-18)19(25-26)16-8-9-16/h1-7,10-11,16H,8-9,12-14H2,(H2,23,24,28). The molecule has 1 heterocycles. The van der Waals surface area contributed by atoms with Crippen molar-refractivity contribution in [1.82, 2.24) is 25.0 Å². The number of nitrogens with one attached hydrogen (secondary N) is 2. The van der Waals surface area contributed by atoms with Crippen LogP contribution in [0, 0.1) is 0 Å². The number of amides is 2. The quantitative estimate of drug-likeness (QED) is 0.627. The van der Waals surface area contributed by atoms with Gasteiger partial charge in [-0.25, -0.2) is 18.8 Å². The maximum atomic E-state index is 12.9. The van der Waals surface area contributed by atoms with Crippen LogP contribution in [0.25, 0.3) is 5.69 Å². The van der Waals surface area contributed by atoms with Crippen molar-refractivity contribution in [3.63, 3.8) is 0 Å². The van der Waals surface area contributed by atoms with Gasteiger partial charge in [0.2, 0.25) is 0 Å². The van der Waals surface area contributed by atoms with Crippen LogP contribution in [0.15, 0.2) is 59.4 Å². The number of hydrogen-bond acceptors (Lipinski definition) is 3. The Morgan fingerprint density at radius 2 is 1.79 bits per heavy atom. The van der Waals surface area contributed by atoms with Gasteiger partial charge in [0, 0.05) is 24.0 Å². The lowest BCUT2D eigenvalue weighted by Crippen LogP contribution is -2.38. The number of halogens is 1. The fourth-order valence-electron chi connectivity index (χ4n) is 3.12. The minimum absolute atomic E-state index is 0.179. The fraction of sp³-hybridized carbons (Fsp3) is 0.286. The average Bonchev–Trinajstić information content (AvgIpc) is 3.53. The monoisotopic (exact) mass is 411 g/mol. The fourth-order valence-corrected chi connectivity index (χ4v) is 3.24. The third kappa shape index (κ3) is 4.68. The Bertz CT molecular complexity index is 1040. The summed E-state index contributed by atoms with van der Waals surface area (Å²) in [6.07, 6.45) is 2.10. The average molecular weight is 412 g/mol. The van der Waals surface area contributed by atoms with Gasteiger partial charge in [0.1, 0.15) is 5.82 Å². The molecular formula is C21H22ClN5O2. The SMILES string of the molecule is O=C(NCCn1nc(C2CC2)n(-c2ccccc2)c1=O)NCc1ccc(Cl)cc1. The third-order valence-electron chi connectivity index (χ3n) is 4.80. The minimum Gasteiger partial charge on any atom is -0.336 e. The molecule has 1 aliphatic carbocycles. The van der Waals surface area contributed by atoms with Crippen molar-refractivity contribution in [2.24, 2.45) is 0 Å². The van der Waals surface area contributed by atoms with Gasteiger partial charge in [-0.15, -0.1) is 0 Å². The zero-order valence-corrected chi connectivity index (χ0v) is 16.6. The second-order valence-corrected chi connectivity index (χ2v) is 7.48. The molecule has 4 rings (SSSR count). The molecule has 150 valence electrons. The zero-order chi connectivity index (χ0) is 20.2. The van der Waals surface area contributed by atoms with Gasteiger partial charge in [-0.1, -0.05) is 41.9 Å². The maximum absolute atomic E-state index is 12.9. The second kappa shape index (κ2) is 8.53. The van der Waals surface area contributed by atoms with E-state index in [-0.39, 0.29) is 11.7 Å². The van der Waals surface area contributed by atoms with E-state index in [0.29, 0.717) is 30.6 Å². The van der Waals surface area contributed by atoms with E-state index in [4.69, 9.17) is 11.6 Å². The van der Waals surface area contributed by atoms with E-state index in [0.717, 1.165) is 29.9 Å². The van der Waals surface area contributed by atoms with Gasteiger partial charge in [-0.2, -0.15) is 5.10 Å². The Morgan fingerprint density at radius 3 is 2.48 bits per heavy atom. The lowest BCUT2D eigenvalue weighted by atomic mass is 10.2. The summed E-state index contributed by atoms with van der Waals surface area (Å²) in [4.78, 5) is 24.9. The van der Waals surface area contributed by atoms with Crippen LogP contribution in [0.5, 0.6) is 0 Å². The summed E-state index contributed by atoms with van der Waals surface area (Å²) in [5.41, 5.74) is 1.59. The molecule has 0 spiro atoms. The summed E-state index contributed by atoms with van der Waals surface area (Å²) in [5, 5.41) is 10.7. The molecule has 29 heavy (non-hydrogen) atoms. The number of para-hydroxylation sites is 1. The van der Waals surface area contributed by atoms with Gasteiger partial charge >= 0.3 is 11.7 Å². The number of aromatic nitrogens is 3. The van der Waals surface area contributed by atoms with Crippen LogP contribution in [-0.4, -0.2) is 26.9 Å². The van der Waals surface area contributed by atoms with E-state index >= 15 is 0 Å². The molecular weight excluding hydrogens is 390 g/mol. The van der Waals surface area contributed by atoms with Crippen LogP contribution in [-0.2, 0) is 13.1 Å². The van der Waals surface area contributed by atoms with Crippen LogP contribution in [0.3, 0.4) is 0 Å². The van der Waals surface area contributed by atoms with Crippen molar-refractivity contribution < 1.29 is 4.79 Å². The first kappa shape index (κ1) is 19.3. The number of urea groups is 1. The normalized spacial score (nSPS) is 13.3. The number of rotatable bonds is 7. The zero-order valence-electron chi connectivity index (χ0n) is 15.8. The largest absolute Gasteiger partial charge is 0.350 e. The van der Waals surface area contributed by atoms with Crippen LogP contribution in [0.4, 0.5) is 4.79 Å². The Balaban J connectivity index is 1.36. The van der Waals surface area contributed by atoms with Crippen LogP contribution in [0.2, 0.25) is 5.02 Å². The molecule has 7 nitrogen and oxygen atoms in total. The highest BCUT2D eigenvalue weighted by atomic mass is 35.5. The van der Waals surface area contributed by atoms with Crippen molar-refractivity contribution in [2.45, 2.75) is 31.8 Å². The molecule has 0 radical (unpaired) electrons. The topological polar surface area (TPSA) is 81.0 Å². The molecule has 2 aromatic carbocycles. The molecule has 3 aromatic rings. The minimum atomic E-state index is -0.294. The summed E-state index contributed by atoms with van der Waals surface area (Å²) < 4.78 is 3.11. The van der Waals surface area contributed by atoms with E-state index in [9.17, 15) is 9.59 Å². The van der Waals surface area contributed by atoms with E-state index < -0.39 is 0 Å². The van der Waals surface area contributed by atoms with E-state index in [2.05, 4.69) is 15.7 Å². The molecule has 0 aliphatic heterocycles. The summed E-state index contributed by atoms with van der Waals surface area (Å²) in [7, 11) is 0. The maximum Gasteiger partial charge on any atom is 0.350 e. The van der Waals surface area contributed by atoms with Gasteiger partial charge in [-0.3, -0.25) is 0 Å². The Kier molecular flexibility index (Phi) is 5.67. The van der Waals surface area contributed by atoms with Gasteiger partial charge in [0.05, 0.1) is 12.2 Å². The summed E-state index contributed by atoms with van der Waals surface area (Å²) in [5.74, 6) is 1.13. The lowest BCUT2D eigenvalue weighted by Gasteiger charge is -2.07. The number of nitrogens with zero attached hydrogens (tertiary/aromatic N) is 3. The van der Waals surface area contributed by atoms with Crippen molar-refractivity contribution in [3.05, 3.63) is 81.5 Å². The number of benzene rings is 2. The Labute approximate surface area is 173 Å². The Hall–Kier alpha value is -3.06. The lowest BCUT2D eigenvalue weighted by molar-refractivity contribution is 0.240. The third-order valence-corrected chi connectivity index (χ3v) is 5.05. The molecule has 2 N–H and O–H groups in total. The molecule has 2 amide bonds. The molecule has 1 fully saturated rings. The van der Waals surface area contributed by atoms with Crippen molar-refractivity contribution in [2.75, 3.05) is 6.54 Å². The van der Waals surface area contributed by atoms with E-state index in [1.165, 1.54) is 4.68 Å². The first-order chi connectivity index (χ1) is 14.1. The summed E-state index contributed by atoms with van der Waals surface area (Å²) >= 11 is 5.85. The number of carbonyl (C=O) groups is 1. The smallest absolute Gasteiger partial charge is 0.336 e. The summed E-state index contributed by atoms with van der Waals surface area (Å²) in [6.45, 7) is 1.02. The van der Waals surface area contributed by atoms with E-state index in [1.807, 2.05) is 42.5 Å². The molecule has 0 atom stereocenters. The van der Waals surface area contributed by atoms with Crippen molar-refractivity contribution >= 4 is 17.6 Å². The molecule has 8 heteroatoms. The van der Waals surface area contributed by atoms with Gasteiger partial charge in [-0.05, 0) is 42.7 Å². The predicted octanol–water partition coefficient (Wildman–Crippen LogP) is 3.06.